The number of nitrogens with one attached hydrogen (secondary N) is 1. The maximum atomic E-state index is 9.92. The van der Waals surface area contributed by atoms with E-state index in [0.717, 1.165) is 17.0 Å². The number of hydrogen-bond donors (Lipinski definition) is 2. The summed E-state index contributed by atoms with van der Waals surface area (Å²) in [7, 11) is 0. The molecule has 1 atom stereocenters. The molecule has 5 nitrogen and oxygen atoms in total. The molecule has 2 rings (SSSR count). The Balaban J connectivity index is 0.00000242. The van der Waals surface area contributed by atoms with E-state index < -0.39 is 6.10 Å². The molecule has 0 spiro atoms. The van der Waals surface area contributed by atoms with Crippen LogP contribution in [0.15, 0.2) is 29.6 Å². The van der Waals surface area contributed by atoms with Crippen LogP contribution in [0, 0.1) is 0 Å². The van der Waals surface area contributed by atoms with Gasteiger partial charge in [-0.15, -0.1) is 17.5 Å². The van der Waals surface area contributed by atoms with Gasteiger partial charge in [0.05, 0.1) is 0 Å². The monoisotopic (exact) mass is 343 g/mol. The molecule has 0 radical (unpaired) electrons. The Morgan fingerprint density at radius 1 is 1.36 bits per heavy atom. The van der Waals surface area contributed by atoms with Gasteiger partial charge in [-0.2, -0.15) is 0 Å². The van der Waals surface area contributed by atoms with Crippen LogP contribution in [0.3, 0.4) is 0 Å². The second kappa shape index (κ2) is 8.43. The molecule has 0 fully saturated rings. The predicted octanol–water partition coefficient (Wildman–Crippen LogP) is 2.75. The zero-order chi connectivity index (χ0) is 15.3. The minimum absolute atomic E-state index is 0. The Morgan fingerprint density at radius 3 is 2.77 bits per heavy atom. The summed E-state index contributed by atoms with van der Waals surface area (Å²) in [5, 5.41) is 19.1. The largest absolute Gasteiger partial charge is 0.491 e. The van der Waals surface area contributed by atoms with Crippen LogP contribution in [-0.4, -0.2) is 39.5 Å². The number of hydrogen-bond acceptors (Lipinski definition) is 6. The molecule has 0 aliphatic rings. The zero-order valence-corrected chi connectivity index (χ0v) is 14.6. The van der Waals surface area contributed by atoms with Gasteiger partial charge in [0.15, 0.2) is 0 Å². The molecule has 0 saturated carbocycles. The molecule has 2 N–H and O–H groups in total. The lowest BCUT2D eigenvalue weighted by Gasteiger charge is -2.23. The number of β-amino-alcohol motifs (C(OH)–C–C–N with tert-alkyl or cyclic N) is 1. The van der Waals surface area contributed by atoms with Gasteiger partial charge in [0.25, 0.3) is 0 Å². The van der Waals surface area contributed by atoms with Crippen LogP contribution >= 0.6 is 23.9 Å². The maximum absolute atomic E-state index is 9.92. The summed E-state index contributed by atoms with van der Waals surface area (Å²) >= 11 is 1.32. The molecule has 1 heterocycles. The molecule has 2 aromatic rings. The molecule has 0 bridgehead atoms. The van der Waals surface area contributed by atoms with Crippen molar-refractivity contribution in [2.45, 2.75) is 32.4 Å². The van der Waals surface area contributed by atoms with Gasteiger partial charge in [0.2, 0.25) is 0 Å². The first kappa shape index (κ1) is 18.8. The van der Waals surface area contributed by atoms with Crippen LogP contribution in [0.5, 0.6) is 5.75 Å². The fraction of sp³-hybridized carbons (Fsp3) is 0.467. The number of benzene rings is 1. The molecule has 0 aliphatic heterocycles. The van der Waals surface area contributed by atoms with E-state index in [-0.39, 0.29) is 24.6 Å². The van der Waals surface area contributed by atoms with Gasteiger partial charge in [0, 0.05) is 23.0 Å². The van der Waals surface area contributed by atoms with E-state index in [1.54, 1.807) is 0 Å². The van der Waals surface area contributed by atoms with E-state index in [4.69, 9.17) is 4.74 Å². The highest BCUT2D eigenvalue weighted by Gasteiger charge is 2.12. The number of aromatic nitrogens is 2. The number of aliphatic hydroxyl groups is 1. The van der Waals surface area contributed by atoms with Crippen molar-refractivity contribution in [2.75, 3.05) is 13.2 Å². The highest BCUT2D eigenvalue weighted by molar-refractivity contribution is 7.03. The van der Waals surface area contributed by atoms with Crippen molar-refractivity contribution in [1.82, 2.24) is 14.9 Å². The second-order valence-electron chi connectivity index (χ2n) is 5.91. The highest BCUT2D eigenvalue weighted by Crippen LogP contribution is 2.22. The fourth-order valence-electron chi connectivity index (χ4n) is 1.71. The number of rotatable bonds is 6. The molecule has 122 valence electrons. The Labute approximate surface area is 141 Å². The van der Waals surface area contributed by atoms with Crippen LogP contribution in [0.25, 0.3) is 11.3 Å². The zero-order valence-electron chi connectivity index (χ0n) is 12.9. The first-order chi connectivity index (χ1) is 9.94. The topological polar surface area (TPSA) is 67.3 Å². The minimum atomic E-state index is -0.547. The number of halogens is 1. The van der Waals surface area contributed by atoms with Gasteiger partial charge in [-0.25, -0.2) is 0 Å². The van der Waals surface area contributed by atoms with Crippen molar-refractivity contribution in [3.05, 3.63) is 29.6 Å². The van der Waals surface area contributed by atoms with E-state index in [1.165, 1.54) is 11.5 Å². The summed E-state index contributed by atoms with van der Waals surface area (Å²) in [6.45, 7) is 6.94. The van der Waals surface area contributed by atoms with Crippen LogP contribution in [0.1, 0.15) is 20.8 Å². The fourth-order valence-corrected chi connectivity index (χ4v) is 2.18. The lowest BCUT2D eigenvalue weighted by molar-refractivity contribution is 0.100. The van der Waals surface area contributed by atoms with Crippen molar-refractivity contribution in [3.63, 3.8) is 0 Å². The Hall–Kier alpha value is -1.21. The Kier molecular flexibility index (Phi) is 7.22. The molecular formula is C15H22ClN3O2S. The third-order valence-electron chi connectivity index (χ3n) is 2.80. The van der Waals surface area contributed by atoms with Crippen molar-refractivity contribution >= 4 is 23.9 Å². The standard InChI is InChI=1S/C15H21N3O2S.ClH/c1-15(2,3)16-8-12(19)9-20-13-6-4-5-11(7-13)14-10-21-18-17-14;/h4-7,10,12,16,19H,8-9H2,1-3H3;1H. The number of ether oxygens (including phenoxy) is 1. The van der Waals surface area contributed by atoms with Crippen LogP contribution in [0.2, 0.25) is 0 Å². The van der Waals surface area contributed by atoms with Crippen LogP contribution in [-0.2, 0) is 0 Å². The first-order valence-corrected chi connectivity index (χ1v) is 7.71. The van der Waals surface area contributed by atoms with E-state index in [1.807, 2.05) is 29.6 Å². The smallest absolute Gasteiger partial charge is 0.120 e. The molecule has 0 amide bonds. The average molecular weight is 344 g/mol. The number of aliphatic hydroxyl groups excluding tert-OH is 1. The van der Waals surface area contributed by atoms with E-state index in [9.17, 15) is 5.11 Å². The summed E-state index contributed by atoms with van der Waals surface area (Å²) in [5.41, 5.74) is 1.78. The molecule has 0 aliphatic carbocycles. The van der Waals surface area contributed by atoms with Gasteiger partial charge in [-0.05, 0) is 44.4 Å². The van der Waals surface area contributed by atoms with Gasteiger partial charge in [-0.3, -0.25) is 0 Å². The van der Waals surface area contributed by atoms with Crippen LogP contribution in [0.4, 0.5) is 0 Å². The van der Waals surface area contributed by atoms with Gasteiger partial charge in [0.1, 0.15) is 24.2 Å². The number of nitrogens with zero attached hydrogens (tertiary/aromatic N) is 2. The summed E-state index contributed by atoms with van der Waals surface area (Å²) in [6, 6.07) is 7.64. The summed E-state index contributed by atoms with van der Waals surface area (Å²) < 4.78 is 9.49. The third kappa shape index (κ3) is 6.27. The van der Waals surface area contributed by atoms with Crippen molar-refractivity contribution in [1.29, 1.82) is 0 Å². The van der Waals surface area contributed by atoms with Gasteiger partial charge < -0.3 is 15.2 Å². The van der Waals surface area contributed by atoms with E-state index in [0.29, 0.717) is 6.54 Å². The van der Waals surface area contributed by atoms with E-state index >= 15 is 0 Å². The molecule has 1 unspecified atom stereocenters. The minimum Gasteiger partial charge on any atom is -0.491 e. The molecule has 22 heavy (non-hydrogen) atoms. The maximum Gasteiger partial charge on any atom is 0.120 e. The van der Waals surface area contributed by atoms with Crippen LogP contribution < -0.4 is 10.1 Å². The van der Waals surface area contributed by atoms with Crippen molar-refractivity contribution in [3.8, 4) is 17.0 Å². The Morgan fingerprint density at radius 2 is 2.14 bits per heavy atom. The molecular weight excluding hydrogens is 322 g/mol. The molecule has 7 heteroatoms. The lowest BCUT2D eigenvalue weighted by atomic mass is 10.1. The second-order valence-corrected chi connectivity index (χ2v) is 6.52. The summed E-state index contributed by atoms with van der Waals surface area (Å²) in [6.07, 6.45) is -0.547. The van der Waals surface area contributed by atoms with Crippen molar-refractivity contribution < 1.29 is 9.84 Å². The molecule has 1 aromatic heterocycles. The quantitative estimate of drug-likeness (QED) is 0.844. The van der Waals surface area contributed by atoms with Crippen molar-refractivity contribution in [2.24, 2.45) is 0 Å². The van der Waals surface area contributed by atoms with Gasteiger partial charge in [-0.1, -0.05) is 16.6 Å². The lowest BCUT2D eigenvalue weighted by Crippen LogP contribution is -2.42. The average Bonchev–Trinajstić information content (AvgIpc) is 2.96. The molecule has 1 aromatic carbocycles. The summed E-state index contributed by atoms with van der Waals surface area (Å²) in [4.78, 5) is 0. The third-order valence-corrected chi connectivity index (χ3v) is 3.30. The highest BCUT2D eigenvalue weighted by atomic mass is 35.5. The first-order valence-electron chi connectivity index (χ1n) is 6.87. The molecule has 0 saturated heterocycles. The normalized spacial score (nSPS) is 12.5. The predicted molar refractivity (Wildman–Crippen MR) is 91.9 cm³/mol. The summed E-state index contributed by atoms with van der Waals surface area (Å²) in [5.74, 6) is 0.718. The van der Waals surface area contributed by atoms with E-state index in [2.05, 4.69) is 35.7 Å². The Bertz CT molecular complexity index is 558. The SMILES string of the molecule is CC(C)(C)NCC(O)COc1cccc(-c2csnn2)c1.Cl. The van der Waals surface area contributed by atoms with Gasteiger partial charge >= 0.3 is 0 Å².